The number of nitrogens with one attached hydrogen (secondary N) is 1. The number of halogens is 1. The summed E-state index contributed by atoms with van der Waals surface area (Å²) in [4.78, 5) is 16.4. The van der Waals surface area contributed by atoms with E-state index in [2.05, 4.69) is 26.6 Å². The fourth-order valence-corrected chi connectivity index (χ4v) is 2.48. The van der Waals surface area contributed by atoms with Crippen molar-refractivity contribution < 1.29 is 13.6 Å². The van der Waals surface area contributed by atoms with Crippen LogP contribution in [-0.2, 0) is 17.6 Å². The fraction of sp³-hybridized carbons (Fsp3) is 0.389. The zero-order valence-corrected chi connectivity index (χ0v) is 14.5. The van der Waals surface area contributed by atoms with Gasteiger partial charge in [-0.1, -0.05) is 0 Å². The van der Waals surface area contributed by atoms with Crippen molar-refractivity contribution in [2.75, 3.05) is 0 Å². The lowest BCUT2D eigenvalue weighted by molar-refractivity contribution is -0.121. The lowest BCUT2D eigenvalue weighted by Gasteiger charge is -2.06. The van der Waals surface area contributed by atoms with Crippen molar-refractivity contribution in [3.05, 3.63) is 41.4 Å². The number of hydrogen-bond acceptors (Lipinski definition) is 6. The Balaban J connectivity index is 1.60. The largest absolute Gasteiger partial charge is 0.424 e. The number of carbonyl (C=O) groups is 1. The highest BCUT2D eigenvalue weighted by molar-refractivity contribution is 5.86. The van der Waals surface area contributed by atoms with Crippen LogP contribution in [0.1, 0.15) is 37.1 Å². The molecule has 3 rings (SSSR count). The molecule has 1 aliphatic rings. The Kier molecular flexibility index (Phi) is 4.80. The number of rotatable bonds is 6. The molecule has 1 fully saturated rings. The van der Waals surface area contributed by atoms with Gasteiger partial charge in [-0.25, -0.2) is 4.39 Å². The van der Waals surface area contributed by atoms with Crippen molar-refractivity contribution in [1.29, 1.82) is 5.26 Å². The summed E-state index contributed by atoms with van der Waals surface area (Å²) in [5.74, 6) is -0.0814. The third-order valence-corrected chi connectivity index (χ3v) is 4.04. The van der Waals surface area contributed by atoms with E-state index in [4.69, 9.17) is 9.68 Å². The van der Waals surface area contributed by atoms with Crippen LogP contribution in [0.4, 0.5) is 10.1 Å². The normalized spacial score (nSPS) is 15.4. The van der Waals surface area contributed by atoms with Gasteiger partial charge in [-0.15, -0.1) is 10.2 Å². The van der Waals surface area contributed by atoms with Crippen molar-refractivity contribution >= 4 is 17.3 Å². The van der Waals surface area contributed by atoms with Crippen LogP contribution < -0.4 is 5.32 Å². The molecule has 26 heavy (non-hydrogen) atoms. The van der Waals surface area contributed by atoms with Crippen LogP contribution in [0.25, 0.3) is 0 Å². The number of aliphatic imine (C=N–C) groups is 1. The van der Waals surface area contributed by atoms with E-state index in [-0.39, 0.29) is 24.0 Å². The van der Waals surface area contributed by atoms with Gasteiger partial charge in [0.05, 0.1) is 18.2 Å². The van der Waals surface area contributed by atoms with Crippen LogP contribution in [0, 0.1) is 24.1 Å². The average Bonchev–Trinajstić information content (AvgIpc) is 3.22. The number of nitrogens with zero attached hydrogens (tertiary/aromatic N) is 4. The topological polar surface area (TPSA) is 104 Å². The van der Waals surface area contributed by atoms with E-state index in [9.17, 15) is 9.18 Å². The van der Waals surface area contributed by atoms with Crippen LogP contribution in [0.15, 0.2) is 27.6 Å². The second-order valence-corrected chi connectivity index (χ2v) is 6.46. The minimum atomic E-state index is -0.712. The number of amides is 1. The zero-order chi connectivity index (χ0) is 18.7. The summed E-state index contributed by atoms with van der Waals surface area (Å²) in [5, 5.41) is 19.4. The molecule has 1 aromatic carbocycles. The van der Waals surface area contributed by atoms with Crippen molar-refractivity contribution in [3.63, 3.8) is 0 Å². The molecule has 8 heteroatoms. The Hall–Kier alpha value is -3.08. The molecular formula is C18H18FN5O2. The monoisotopic (exact) mass is 355 g/mol. The van der Waals surface area contributed by atoms with E-state index in [0.29, 0.717) is 30.8 Å². The fourth-order valence-electron chi connectivity index (χ4n) is 2.48. The number of aromatic nitrogens is 2. The van der Waals surface area contributed by atoms with Gasteiger partial charge in [0.15, 0.2) is 0 Å². The van der Waals surface area contributed by atoms with Gasteiger partial charge in [-0.05, 0) is 50.5 Å². The highest BCUT2D eigenvalue weighted by Crippen LogP contribution is 2.34. The second kappa shape index (κ2) is 7.04. The van der Waals surface area contributed by atoms with Gasteiger partial charge in [0.2, 0.25) is 17.7 Å². The summed E-state index contributed by atoms with van der Waals surface area (Å²) in [6.07, 6.45) is 1.60. The number of aryl methyl sites for hydroxylation is 1. The highest BCUT2D eigenvalue weighted by atomic mass is 19.1. The molecule has 7 nitrogen and oxygen atoms in total. The lowest BCUT2D eigenvalue weighted by atomic mass is 10.2. The molecule has 1 aliphatic carbocycles. The van der Waals surface area contributed by atoms with E-state index in [1.165, 1.54) is 12.1 Å². The van der Waals surface area contributed by atoms with E-state index >= 15 is 0 Å². The highest BCUT2D eigenvalue weighted by Gasteiger charge is 2.44. The van der Waals surface area contributed by atoms with Crippen LogP contribution in [0.3, 0.4) is 0 Å². The zero-order valence-electron chi connectivity index (χ0n) is 14.5. The number of carbonyl (C=O) groups excluding carboxylic acids is 1. The molecule has 134 valence electrons. The molecule has 1 aromatic heterocycles. The minimum Gasteiger partial charge on any atom is -0.424 e. The molecule has 1 saturated carbocycles. The summed E-state index contributed by atoms with van der Waals surface area (Å²) in [6.45, 7) is 3.59. The Morgan fingerprint density at radius 1 is 1.38 bits per heavy atom. The standard InChI is InChI=1S/C18H18FN5O2/c1-11-7-13(19)3-4-14(11)21-12(2)8-16-23-24-17(26-16)9-15(25)22-18(10-20)5-6-18/h3-4,7H,5-6,8-9H2,1-2H3,(H,22,25). The van der Waals surface area contributed by atoms with Crippen molar-refractivity contribution in [2.45, 2.75) is 45.1 Å². The molecule has 1 heterocycles. The van der Waals surface area contributed by atoms with Crippen molar-refractivity contribution in [3.8, 4) is 6.07 Å². The van der Waals surface area contributed by atoms with E-state index < -0.39 is 5.54 Å². The molecule has 0 atom stereocenters. The van der Waals surface area contributed by atoms with Gasteiger partial charge >= 0.3 is 0 Å². The Labute approximate surface area is 149 Å². The van der Waals surface area contributed by atoms with Gasteiger partial charge in [-0.3, -0.25) is 9.79 Å². The summed E-state index contributed by atoms with van der Waals surface area (Å²) < 4.78 is 18.6. The number of nitriles is 1. The lowest BCUT2D eigenvalue weighted by Crippen LogP contribution is -2.36. The predicted octanol–water partition coefficient (Wildman–Crippen LogP) is 2.57. The van der Waals surface area contributed by atoms with E-state index in [1.807, 2.05) is 6.92 Å². The average molecular weight is 355 g/mol. The molecule has 0 saturated heterocycles. The first kappa shape index (κ1) is 17.7. The molecule has 0 spiro atoms. The van der Waals surface area contributed by atoms with Gasteiger partial charge in [-0.2, -0.15) is 5.26 Å². The maximum atomic E-state index is 13.1. The van der Waals surface area contributed by atoms with E-state index in [0.717, 1.165) is 11.3 Å². The maximum absolute atomic E-state index is 13.1. The summed E-state index contributed by atoms with van der Waals surface area (Å²) in [6, 6.07) is 6.48. The molecule has 0 unspecified atom stereocenters. The van der Waals surface area contributed by atoms with Crippen molar-refractivity contribution in [2.24, 2.45) is 4.99 Å². The molecule has 0 aliphatic heterocycles. The predicted molar refractivity (Wildman–Crippen MR) is 91.3 cm³/mol. The quantitative estimate of drug-likeness (QED) is 0.802. The molecule has 2 aromatic rings. The molecular weight excluding hydrogens is 337 g/mol. The number of benzene rings is 1. The third-order valence-electron chi connectivity index (χ3n) is 4.04. The van der Waals surface area contributed by atoms with Crippen LogP contribution >= 0.6 is 0 Å². The van der Waals surface area contributed by atoms with E-state index in [1.54, 1.807) is 13.0 Å². The van der Waals surface area contributed by atoms with Crippen LogP contribution in [-0.4, -0.2) is 27.4 Å². The first-order valence-electron chi connectivity index (χ1n) is 8.23. The van der Waals surface area contributed by atoms with Gasteiger partial charge in [0.25, 0.3) is 0 Å². The summed E-state index contributed by atoms with van der Waals surface area (Å²) >= 11 is 0. The molecule has 0 bridgehead atoms. The smallest absolute Gasteiger partial charge is 0.230 e. The van der Waals surface area contributed by atoms with Crippen LogP contribution in [0.2, 0.25) is 0 Å². The Morgan fingerprint density at radius 2 is 2.08 bits per heavy atom. The first-order valence-corrected chi connectivity index (χ1v) is 8.23. The Morgan fingerprint density at radius 3 is 2.69 bits per heavy atom. The summed E-state index contributed by atoms with van der Waals surface area (Å²) in [7, 11) is 0. The van der Waals surface area contributed by atoms with Gasteiger partial charge < -0.3 is 9.73 Å². The number of hydrogen-bond donors (Lipinski definition) is 1. The summed E-state index contributed by atoms with van der Waals surface area (Å²) in [5.41, 5.74) is 1.42. The second-order valence-electron chi connectivity index (χ2n) is 6.46. The maximum Gasteiger partial charge on any atom is 0.230 e. The minimum absolute atomic E-state index is 0.0658. The first-order chi connectivity index (χ1) is 12.4. The molecule has 1 amide bonds. The molecule has 1 N–H and O–H groups in total. The van der Waals surface area contributed by atoms with Gasteiger partial charge in [0.1, 0.15) is 17.8 Å². The van der Waals surface area contributed by atoms with Gasteiger partial charge in [0, 0.05) is 5.71 Å². The third kappa shape index (κ3) is 4.30. The molecule has 0 radical (unpaired) electrons. The van der Waals surface area contributed by atoms with Crippen LogP contribution in [0.5, 0.6) is 0 Å². The Bertz CT molecular complexity index is 909. The van der Waals surface area contributed by atoms with Crippen molar-refractivity contribution in [1.82, 2.24) is 15.5 Å². The SMILES string of the molecule is CC(Cc1nnc(CC(=O)NC2(C#N)CC2)o1)=Nc1ccc(F)cc1C.